The Bertz CT molecular complexity index is 1450. The van der Waals surface area contributed by atoms with Gasteiger partial charge < -0.3 is 23.7 Å². The molecule has 0 radical (unpaired) electrons. The first-order valence-corrected chi connectivity index (χ1v) is 12.9. The molecule has 1 aromatic heterocycles. The van der Waals surface area contributed by atoms with Crippen molar-refractivity contribution in [1.29, 1.82) is 0 Å². The maximum atomic E-state index is 12.1. The number of hydrogen-bond acceptors (Lipinski definition) is 7. The Morgan fingerprint density at radius 3 is 2.08 bits per heavy atom. The van der Waals surface area contributed by atoms with Gasteiger partial charge in [-0.05, 0) is 47.9 Å². The summed E-state index contributed by atoms with van der Waals surface area (Å²) in [5.74, 6) is 1.51. The standard InChI is InChI=1S/C31H30N2O6/c1-20-18-33-28-17-26(39-30(33)32-29(20)34)27(38-28)19-37-31(21-7-5-4-6-8-21,22-9-13-24(35-2)14-10-22)23-11-15-25(36-3)16-12-23/h4-16,18,26-28H,17,19H2,1-3H3. The highest BCUT2D eigenvalue weighted by Crippen LogP contribution is 2.44. The molecule has 0 spiro atoms. The summed E-state index contributed by atoms with van der Waals surface area (Å²) in [7, 11) is 3.30. The number of aromatic nitrogens is 2. The Hall–Kier alpha value is -4.14. The van der Waals surface area contributed by atoms with Crippen LogP contribution < -0.4 is 19.8 Å². The Morgan fingerprint density at radius 2 is 1.49 bits per heavy atom. The van der Waals surface area contributed by atoms with Gasteiger partial charge in [0, 0.05) is 18.2 Å². The Kier molecular flexibility index (Phi) is 6.58. The van der Waals surface area contributed by atoms with Gasteiger partial charge in [-0.25, -0.2) is 0 Å². The third kappa shape index (κ3) is 4.45. The molecule has 2 bridgehead atoms. The molecule has 3 unspecified atom stereocenters. The molecule has 3 aromatic carbocycles. The van der Waals surface area contributed by atoms with Gasteiger partial charge in [-0.1, -0.05) is 54.6 Å². The Balaban J connectivity index is 1.40. The number of nitrogens with zero attached hydrogens (tertiary/aromatic N) is 2. The van der Waals surface area contributed by atoms with Crippen LogP contribution in [0.2, 0.25) is 0 Å². The predicted molar refractivity (Wildman–Crippen MR) is 144 cm³/mol. The molecule has 1 fully saturated rings. The summed E-state index contributed by atoms with van der Waals surface area (Å²) < 4.78 is 32.2. The summed E-state index contributed by atoms with van der Waals surface area (Å²) in [5.41, 5.74) is 2.13. The van der Waals surface area contributed by atoms with Gasteiger partial charge in [0.15, 0.2) is 0 Å². The fourth-order valence-electron chi connectivity index (χ4n) is 5.41. The molecule has 1 saturated heterocycles. The molecular weight excluding hydrogens is 496 g/mol. The molecule has 4 aromatic rings. The van der Waals surface area contributed by atoms with Crippen molar-refractivity contribution in [3.8, 4) is 17.5 Å². The summed E-state index contributed by atoms with van der Waals surface area (Å²) in [6.45, 7) is 1.98. The van der Waals surface area contributed by atoms with Crippen molar-refractivity contribution >= 4 is 0 Å². The fraction of sp³-hybridized carbons (Fsp3) is 0.290. The minimum absolute atomic E-state index is 0.242. The van der Waals surface area contributed by atoms with E-state index >= 15 is 0 Å². The summed E-state index contributed by atoms with van der Waals surface area (Å²) in [4.78, 5) is 16.3. The van der Waals surface area contributed by atoms with Crippen molar-refractivity contribution in [2.45, 2.75) is 37.4 Å². The zero-order valence-electron chi connectivity index (χ0n) is 22.1. The van der Waals surface area contributed by atoms with Crippen molar-refractivity contribution in [2.75, 3.05) is 20.8 Å². The van der Waals surface area contributed by atoms with Crippen LogP contribution in [0.25, 0.3) is 0 Å². The van der Waals surface area contributed by atoms with E-state index in [0.717, 1.165) is 28.2 Å². The van der Waals surface area contributed by atoms with E-state index in [9.17, 15) is 4.79 Å². The van der Waals surface area contributed by atoms with E-state index in [1.54, 1.807) is 31.9 Å². The number of benzene rings is 3. The van der Waals surface area contributed by atoms with Gasteiger partial charge in [0.2, 0.25) is 0 Å². The van der Waals surface area contributed by atoms with Gasteiger partial charge in [-0.2, -0.15) is 4.98 Å². The number of aryl methyl sites for hydroxylation is 1. The molecule has 200 valence electrons. The van der Waals surface area contributed by atoms with Crippen LogP contribution >= 0.6 is 0 Å². The molecule has 0 saturated carbocycles. The van der Waals surface area contributed by atoms with Gasteiger partial charge in [0.1, 0.15) is 35.5 Å². The quantitative estimate of drug-likeness (QED) is 0.310. The van der Waals surface area contributed by atoms with Crippen LogP contribution in [0.15, 0.2) is 89.9 Å². The van der Waals surface area contributed by atoms with E-state index in [1.165, 1.54) is 0 Å². The predicted octanol–water partition coefficient (Wildman–Crippen LogP) is 4.63. The van der Waals surface area contributed by atoms with E-state index in [2.05, 4.69) is 17.1 Å². The molecule has 0 aliphatic carbocycles. The number of fused-ring (bicyclic) bond motifs is 4. The minimum Gasteiger partial charge on any atom is -0.497 e. The van der Waals surface area contributed by atoms with E-state index < -0.39 is 5.60 Å². The third-order valence-electron chi connectivity index (χ3n) is 7.47. The van der Waals surface area contributed by atoms with Crippen LogP contribution in [0, 0.1) is 6.92 Å². The smallest absolute Gasteiger partial charge is 0.302 e. The maximum Gasteiger partial charge on any atom is 0.302 e. The van der Waals surface area contributed by atoms with E-state index in [0.29, 0.717) is 12.0 Å². The normalized spacial score (nSPS) is 19.7. The SMILES string of the molecule is COc1ccc(C(OCC2OC3CC2Oc2nc(=O)c(C)cn23)(c2ccccc2)c2ccc(OC)cc2)cc1. The number of ether oxygens (including phenoxy) is 5. The van der Waals surface area contributed by atoms with Crippen LogP contribution in [0.5, 0.6) is 17.5 Å². The highest BCUT2D eigenvalue weighted by Gasteiger charge is 2.46. The van der Waals surface area contributed by atoms with E-state index in [4.69, 9.17) is 23.7 Å². The first kappa shape index (κ1) is 25.2. The fourth-order valence-corrected chi connectivity index (χ4v) is 5.41. The van der Waals surface area contributed by atoms with Gasteiger partial charge in [-0.3, -0.25) is 9.36 Å². The molecule has 3 heterocycles. The summed E-state index contributed by atoms with van der Waals surface area (Å²) in [5, 5.41) is 0. The second-order valence-corrected chi connectivity index (χ2v) is 9.76. The lowest BCUT2D eigenvalue weighted by Gasteiger charge is -2.37. The average molecular weight is 527 g/mol. The number of rotatable bonds is 8. The third-order valence-corrected chi connectivity index (χ3v) is 7.47. The van der Waals surface area contributed by atoms with Crippen LogP contribution in [0.3, 0.4) is 0 Å². The highest BCUT2D eigenvalue weighted by molar-refractivity contribution is 5.49. The lowest BCUT2D eigenvalue weighted by molar-refractivity contribution is -0.0816. The average Bonchev–Trinajstić information content (AvgIpc) is 3.32. The monoisotopic (exact) mass is 526 g/mol. The van der Waals surface area contributed by atoms with Gasteiger partial charge >= 0.3 is 6.01 Å². The van der Waals surface area contributed by atoms with Crippen molar-refractivity contribution in [2.24, 2.45) is 0 Å². The summed E-state index contributed by atoms with van der Waals surface area (Å²) in [6, 6.07) is 26.2. The molecule has 0 N–H and O–H groups in total. The van der Waals surface area contributed by atoms with Crippen LogP contribution in [0.1, 0.15) is 34.9 Å². The molecule has 6 rings (SSSR count). The van der Waals surface area contributed by atoms with Gasteiger partial charge in [-0.15, -0.1) is 0 Å². The molecular formula is C31H30N2O6. The minimum atomic E-state index is -0.961. The first-order chi connectivity index (χ1) is 19.0. The zero-order chi connectivity index (χ0) is 27.0. The lowest BCUT2D eigenvalue weighted by Crippen LogP contribution is -2.39. The van der Waals surface area contributed by atoms with Gasteiger partial charge in [0.05, 0.1) is 20.8 Å². The van der Waals surface area contributed by atoms with Crippen molar-refractivity contribution in [3.63, 3.8) is 0 Å². The van der Waals surface area contributed by atoms with E-state index in [1.807, 2.05) is 66.7 Å². The topological polar surface area (TPSA) is 81.0 Å². The summed E-state index contributed by atoms with van der Waals surface area (Å²) in [6.07, 6.45) is 1.47. The Labute approximate surface area is 226 Å². The molecule has 8 nitrogen and oxygen atoms in total. The Morgan fingerprint density at radius 1 is 0.897 bits per heavy atom. The molecule has 39 heavy (non-hydrogen) atoms. The van der Waals surface area contributed by atoms with E-state index in [-0.39, 0.29) is 36.6 Å². The molecule has 3 atom stereocenters. The second kappa shape index (κ2) is 10.2. The van der Waals surface area contributed by atoms with Crippen LogP contribution in [0.4, 0.5) is 0 Å². The maximum absolute atomic E-state index is 12.1. The molecule has 2 aliphatic rings. The van der Waals surface area contributed by atoms with Crippen LogP contribution in [-0.2, 0) is 15.1 Å². The largest absolute Gasteiger partial charge is 0.497 e. The second-order valence-electron chi connectivity index (χ2n) is 9.76. The molecule has 2 aliphatic heterocycles. The summed E-state index contributed by atoms with van der Waals surface area (Å²) >= 11 is 0. The first-order valence-electron chi connectivity index (χ1n) is 12.9. The van der Waals surface area contributed by atoms with Crippen LogP contribution in [-0.4, -0.2) is 42.6 Å². The van der Waals surface area contributed by atoms with Crippen molar-refractivity contribution < 1.29 is 23.7 Å². The van der Waals surface area contributed by atoms with Crippen molar-refractivity contribution in [3.05, 3.63) is 118 Å². The zero-order valence-corrected chi connectivity index (χ0v) is 22.1. The molecule has 8 heteroatoms. The van der Waals surface area contributed by atoms with Crippen molar-refractivity contribution in [1.82, 2.24) is 9.55 Å². The molecule has 0 amide bonds. The lowest BCUT2D eigenvalue weighted by atomic mass is 9.80. The number of hydrogen-bond donors (Lipinski definition) is 0. The van der Waals surface area contributed by atoms with Gasteiger partial charge in [0.25, 0.3) is 5.56 Å². The highest BCUT2D eigenvalue weighted by atomic mass is 16.6. The number of methoxy groups -OCH3 is 2.